The molecular formula is C28H34N2O5. The molecule has 1 saturated carbocycles. The van der Waals surface area contributed by atoms with Crippen LogP contribution in [0.25, 0.3) is 0 Å². The molecule has 1 aliphatic rings. The molecule has 3 rings (SSSR count). The summed E-state index contributed by atoms with van der Waals surface area (Å²) >= 11 is 0. The number of carbonyl (C=O) groups is 4. The smallest absolute Gasteiger partial charge is 0.287 e. The Hall–Kier alpha value is -3.48. The van der Waals surface area contributed by atoms with Crippen LogP contribution in [-0.4, -0.2) is 42.6 Å². The topological polar surface area (TPSA) is 102 Å². The molecule has 2 amide bonds. The highest BCUT2D eigenvalue weighted by molar-refractivity contribution is 6.37. The zero-order valence-corrected chi connectivity index (χ0v) is 20.6. The van der Waals surface area contributed by atoms with Gasteiger partial charge in [-0.2, -0.15) is 0 Å². The second kappa shape index (κ2) is 12.3. The molecule has 1 aliphatic carbocycles. The number of hydrogen-bond acceptors (Lipinski definition) is 5. The van der Waals surface area contributed by atoms with Gasteiger partial charge in [0.25, 0.3) is 11.8 Å². The largest absolute Gasteiger partial charge is 0.497 e. The van der Waals surface area contributed by atoms with E-state index in [0.717, 1.165) is 18.4 Å². The third-order valence-electron chi connectivity index (χ3n) is 6.01. The Balaban J connectivity index is 1.76. The third-order valence-corrected chi connectivity index (χ3v) is 6.01. The van der Waals surface area contributed by atoms with E-state index in [1.807, 2.05) is 44.2 Å². The van der Waals surface area contributed by atoms with Crippen molar-refractivity contribution in [2.75, 3.05) is 7.11 Å². The Kier molecular flexibility index (Phi) is 9.18. The van der Waals surface area contributed by atoms with Crippen LogP contribution in [0.5, 0.6) is 5.75 Å². The van der Waals surface area contributed by atoms with Gasteiger partial charge < -0.3 is 15.4 Å². The van der Waals surface area contributed by atoms with Crippen LogP contribution < -0.4 is 15.4 Å². The summed E-state index contributed by atoms with van der Waals surface area (Å²) in [7, 11) is 1.52. The minimum atomic E-state index is -0.799. The van der Waals surface area contributed by atoms with Crippen molar-refractivity contribution in [1.82, 2.24) is 10.6 Å². The van der Waals surface area contributed by atoms with Gasteiger partial charge in [0, 0.05) is 23.9 Å². The monoisotopic (exact) mass is 478 g/mol. The fourth-order valence-corrected chi connectivity index (χ4v) is 3.96. The number of ether oxygens (including phenoxy) is 1. The SMILES string of the molecule is COc1cccc(C(=O)NC(CC(C)C)C(=O)CC(Cc2ccccc2)C(=O)C(=O)NC2CC2)c1. The molecule has 1 fully saturated rings. The molecule has 35 heavy (non-hydrogen) atoms. The lowest BCUT2D eigenvalue weighted by molar-refractivity contribution is -0.141. The predicted molar refractivity (Wildman–Crippen MR) is 133 cm³/mol. The van der Waals surface area contributed by atoms with E-state index in [-0.39, 0.29) is 36.5 Å². The van der Waals surface area contributed by atoms with E-state index < -0.39 is 23.7 Å². The van der Waals surface area contributed by atoms with Gasteiger partial charge in [0.15, 0.2) is 5.78 Å². The molecule has 2 aromatic carbocycles. The van der Waals surface area contributed by atoms with E-state index in [1.54, 1.807) is 24.3 Å². The molecule has 0 radical (unpaired) electrons. The number of hydrogen-bond donors (Lipinski definition) is 2. The number of ketones is 2. The normalized spacial score (nSPS) is 14.6. The molecular weight excluding hydrogens is 444 g/mol. The first-order valence-corrected chi connectivity index (χ1v) is 12.1. The lowest BCUT2D eigenvalue weighted by Crippen LogP contribution is -2.44. The zero-order chi connectivity index (χ0) is 25.4. The Morgan fingerprint density at radius 3 is 2.34 bits per heavy atom. The predicted octanol–water partition coefficient (Wildman–Crippen LogP) is 3.51. The van der Waals surface area contributed by atoms with E-state index in [4.69, 9.17) is 4.74 Å². The molecule has 0 spiro atoms. The van der Waals surface area contributed by atoms with Gasteiger partial charge in [0.2, 0.25) is 5.78 Å². The maximum atomic E-state index is 13.4. The highest BCUT2D eigenvalue weighted by atomic mass is 16.5. The van der Waals surface area contributed by atoms with Gasteiger partial charge in [-0.1, -0.05) is 50.2 Å². The zero-order valence-electron chi connectivity index (χ0n) is 20.6. The van der Waals surface area contributed by atoms with Crippen LogP contribution in [0.1, 0.15) is 55.5 Å². The van der Waals surface area contributed by atoms with Crippen LogP contribution >= 0.6 is 0 Å². The van der Waals surface area contributed by atoms with Crippen molar-refractivity contribution in [3.05, 3.63) is 65.7 Å². The highest BCUT2D eigenvalue weighted by Crippen LogP contribution is 2.21. The van der Waals surface area contributed by atoms with Gasteiger partial charge in [-0.05, 0) is 55.4 Å². The molecule has 186 valence electrons. The molecule has 2 unspecified atom stereocenters. The Bertz CT molecular complexity index is 1050. The number of nitrogens with one attached hydrogen (secondary N) is 2. The molecule has 2 atom stereocenters. The minimum absolute atomic E-state index is 0.0513. The summed E-state index contributed by atoms with van der Waals surface area (Å²) in [6.07, 6.45) is 2.32. The second-order valence-electron chi connectivity index (χ2n) is 9.56. The van der Waals surface area contributed by atoms with Crippen LogP contribution in [-0.2, 0) is 20.8 Å². The van der Waals surface area contributed by atoms with Crippen molar-refractivity contribution < 1.29 is 23.9 Å². The summed E-state index contributed by atoms with van der Waals surface area (Å²) in [5.41, 5.74) is 1.25. The van der Waals surface area contributed by atoms with Crippen LogP contribution in [0.15, 0.2) is 54.6 Å². The van der Waals surface area contributed by atoms with E-state index in [1.165, 1.54) is 7.11 Å². The fraction of sp³-hybridized carbons (Fsp3) is 0.429. The van der Waals surface area contributed by atoms with Crippen LogP contribution in [0.4, 0.5) is 0 Å². The quantitative estimate of drug-likeness (QED) is 0.429. The van der Waals surface area contributed by atoms with Gasteiger partial charge in [-0.25, -0.2) is 0 Å². The fourth-order valence-electron chi connectivity index (χ4n) is 3.96. The molecule has 0 saturated heterocycles. The highest BCUT2D eigenvalue weighted by Gasteiger charge is 2.34. The van der Waals surface area contributed by atoms with E-state index in [0.29, 0.717) is 17.7 Å². The summed E-state index contributed by atoms with van der Waals surface area (Å²) in [6.45, 7) is 3.93. The molecule has 0 heterocycles. The maximum absolute atomic E-state index is 13.4. The summed E-state index contributed by atoms with van der Waals surface area (Å²) < 4.78 is 5.19. The van der Waals surface area contributed by atoms with Gasteiger partial charge >= 0.3 is 0 Å². The summed E-state index contributed by atoms with van der Waals surface area (Å²) in [5, 5.41) is 5.58. The number of Topliss-reactive ketones (excluding diaryl/α,β-unsaturated/α-hetero) is 2. The Morgan fingerprint density at radius 2 is 1.71 bits per heavy atom. The number of carbonyl (C=O) groups excluding carboxylic acids is 4. The molecule has 7 nitrogen and oxygen atoms in total. The Labute approximate surface area is 206 Å². The molecule has 0 aromatic heterocycles. The van der Waals surface area contributed by atoms with Crippen molar-refractivity contribution in [3.63, 3.8) is 0 Å². The summed E-state index contributed by atoms with van der Waals surface area (Å²) in [6, 6.07) is 15.3. The number of benzene rings is 2. The summed E-state index contributed by atoms with van der Waals surface area (Å²) in [4.78, 5) is 51.9. The van der Waals surface area contributed by atoms with Crippen molar-refractivity contribution in [2.24, 2.45) is 11.8 Å². The molecule has 2 aromatic rings. The number of rotatable bonds is 13. The van der Waals surface area contributed by atoms with E-state index in [9.17, 15) is 19.2 Å². The van der Waals surface area contributed by atoms with Crippen molar-refractivity contribution in [1.29, 1.82) is 0 Å². The first kappa shape index (κ1) is 26.1. The van der Waals surface area contributed by atoms with Gasteiger partial charge in [0.1, 0.15) is 5.75 Å². The van der Waals surface area contributed by atoms with E-state index in [2.05, 4.69) is 10.6 Å². The van der Waals surface area contributed by atoms with Gasteiger partial charge in [0.05, 0.1) is 13.2 Å². The van der Waals surface area contributed by atoms with Crippen molar-refractivity contribution in [2.45, 2.75) is 58.0 Å². The minimum Gasteiger partial charge on any atom is -0.497 e. The standard InChI is InChI=1S/C28H34N2O5/c1-18(2)14-24(30-27(33)20-10-7-11-23(16-20)35-3)25(31)17-21(15-19-8-5-4-6-9-19)26(32)28(34)29-22-12-13-22/h4-11,16,18,21-22,24H,12-15,17H2,1-3H3,(H,29,34)(H,30,33). The first-order chi connectivity index (χ1) is 16.8. The lowest BCUT2D eigenvalue weighted by atomic mass is 9.86. The second-order valence-corrected chi connectivity index (χ2v) is 9.56. The third kappa shape index (κ3) is 8.05. The van der Waals surface area contributed by atoms with Gasteiger partial charge in [-0.3, -0.25) is 19.2 Å². The van der Waals surface area contributed by atoms with Crippen molar-refractivity contribution in [3.8, 4) is 5.75 Å². The molecule has 2 N–H and O–H groups in total. The molecule has 0 aliphatic heterocycles. The maximum Gasteiger partial charge on any atom is 0.287 e. The van der Waals surface area contributed by atoms with Crippen LogP contribution in [0.3, 0.4) is 0 Å². The van der Waals surface area contributed by atoms with Crippen LogP contribution in [0, 0.1) is 11.8 Å². The van der Waals surface area contributed by atoms with Crippen molar-refractivity contribution >= 4 is 23.4 Å². The lowest BCUT2D eigenvalue weighted by Gasteiger charge is -2.22. The average molecular weight is 479 g/mol. The summed E-state index contributed by atoms with van der Waals surface area (Å²) in [5.74, 6) is -2.00. The van der Waals surface area contributed by atoms with E-state index >= 15 is 0 Å². The average Bonchev–Trinajstić information content (AvgIpc) is 3.67. The molecule has 0 bridgehead atoms. The van der Waals surface area contributed by atoms with Gasteiger partial charge in [-0.15, -0.1) is 0 Å². The van der Waals surface area contributed by atoms with Crippen LogP contribution in [0.2, 0.25) is 0 Å². The first-order valence-electron chi connectivity index (χ1n) is 12.1. The molecule has 7 heteroatoms. The number of amides is 2. The number of methoxy groups -OCH3 is 1. The Morgan fingerprint density at radius 1 is 1.00 bits per heavy atom.